The van der Waals surface area contributed by atoms with Gasteiger partial charge in [0.15, 0.2) is 0 Å². The molecule has 0 saturated heterocycles. The molecule has 10 heteroatoms. The van der Waals surface area contributed by atoms with Gasteiger partial charge in [0.25, 0.3) is 15.9 Å². The van der Waals surface area contributed by atoms with Crippen LogP contribution in [0.5, 0.6) is 0 Å². The van der Waals surface area contributed by atoms with E-state index in [4.69, 9.17) is 9.40 Å². The number of thiophene rings is 1. The van der Waals surface area contributed by atoms with Crippen LogP contribution in [0, 0.1) is 6.92 Å². The van der Waals surface area contributed by atoms with Crippen molar-refractivity contribution < 1.29 is 12.8 Å². The van der Waals surface area contributed by atoms with Crippen molar-refractivity contribution in [2.24, 2.45) is 0 Å². The Morgan fingerprint density at radius 2 is 1.88 bits per heavy atom. The second kappa shape index (κ2) is 8.38. The van der Waals surface area contributed by atoms with Crippen LogP contribution in [0.15, 0.2) is 68.7 Å². The summed E-state index contributed by atoms with van der Waals surface area (Å²) in [6, 6.07) is 12.9. The molecule has 1 aliphatic rings. The fraction of sp³-hybridized carbons (Fsp3) is 0.182. The van der Waals surface area contributed by atoms with Gasteiger partial charge >= 0.3 is 0 Å². The van der Waals surface area contributed by atoms with Crippen LogP contribution in [-0.4, -0.2) is 46.0 Å². The van der Waals surface area contributed by atoms with Crippen molar-refractivity contribution in [3.8, 4) is 23.0 Å². The van der Waals surface area contributed by atoms with Crippen LogP contribution in [-0.2, 0) is 10.0 Å². The molecule has 4 heterocycles. The lowest BCUT2D eigenvalue weighted by molar-refractivity contribution is 0.442. The van der Waals surface area contributed by atoms with E-state index in [2.05, 4.69) is 15.2 Å². The van der Waals surface area contributed by atoms with Gasteiger partial charge < -0.3 is 4.42 Å². The van der Waals surface area contributed by atoms with Crippen LogP contribution in [0.2, 0.25) is 0 Å². The number of rotatable bonds is 5. The monoisotopic (exact) mass is 465 g/mol. The molecule has 0 unspecified atom stereocenters. The zero-order valence-electron chi connectivity index (χ0n) is 17.2. The molecule has 0 spiro atoms. The Labute approximate surface area is 189 Å². The number of benzene rings is 1. The van der Waals surface area contributed by atoms with Crippen molar-refractivity contribution in [1.29, 1.82) is 0 Å². The van der Waals surface area contributed by atoms with Gasteiger partial charge in [-0.05, 0) is 42.5 Å². The molecule has 0 amide bonds. The van der Waals surface area contributed by atoms with Crippen LogP contribution in [0.4, 0.5) is 0 Å². The molecule has 0 aliphatic carbocycles. The van der Waals surface area contributed by atoms with Gasteiger partial charge in [-0.3, -0.25) is 4.98 Å². The molecule has 0 atom stereocenters. The fourth-order valence-corrected chi connectivity index (χ4v) is 5.99. The molecule has 1 aromatic carbocycles. The molecule has 4 aromatic rings. The van der Waals surface area contributed by atoms with E-state index in [1.165, 1.54) is 15.6 Å². The number of aromatic nitrogens is 4. The Hall–Kier alpha value is -3.21. The predicted octanol–water partition coefficient (Wildman–Crippen LogP) is 4.04. The van der Waals surface area contributed by atoms with Crippen LogP contribution < -0.4 is 0 Å². The molecule has 0 bridgehead atoms. The van der Waals surface area contributed by atoms with Gasteiger partial charge in [0, 0.05) is 18.7 Å². The van der Waals surface area contributed by atoms with E-state index >= 15 is 0 Å². The zero-order chi connectivity index (χ0) is 22.1. The molecule has 0 N–H and O–H groups in total. The van der Waals surface area contributed by atoms with Gasteiger partial charge in [-0.15, -0.1) is 21.5 Å². The first kappa shape index (κ1) is 20.7. The maximum Gasteiger partial charge on any atom is 0.268 e. The average Bonchev–Trinajstić information content (AvgIpc) is 3.53. The standard InChI is InChI=1S/C22H19N5O3S2/c1-15-20(22-26-25-21(30-22)17-6-3-2-4-7-17)24-18(14-23-15)16-9-11-27(12-10-16)32(28,29)19-8-5-13-31-19/h2-9,13-14H,10-12H2,1H3. The molecule has 8 nitrogen and oxygen atoms in total. The summed E-state index contributed by atoms with van der Waals surface area (Å²) in [5, 5.41) is 10.1. The number of aryl methyl sites for hydroxylation is 1. The molecular weight excluding hydrogens is 446 g/mol. The van der Waals surface area contributed by atoms with Gasteiger partial charge in [0.2, 0.25) is 5.89 Å². The average molecular weight is 466 g/mol. The second-order valence-electron chi connectivity index (χ2n) is 7.24. The van der Waals surface area contributed by atoms with E-state index in [9.17, 15) is 8.42 Å². The van der Waals surface area contributed by atoms with Crippen LogP contribution in [0.1, 0.15) is 17.8 Å². The van der Waals surface area contributed by atoms with E-state index < -0.39 is 10.0 Å². The summed E-state index contributed by atoms with van der Waals surface area (Å²) < 4.78 is 33.2. The van der Waals surface area contributed by atoms with Gasteiger partial charge in [-0.25, -0.2) is 13.4 Å². The van der Waals surface area contributed by atoms with E-state index in [0.717, 1.165) is 11.1 Å². The van der Waals surface area contributed by atoms with E-state index in [-0.39, 0.29) is 0 Å². The van der Waals surface area contributed by atoms with Gasteiger partial charge in [0.05, 0.1) is 17.6 Å². The third-order valence-corrected chi connectivity index (χ3v) is 8.43. The normalized spacial score (nSPS) is 15.0. The lowest BCUT2D eigenvalue weighted by Crippen LogP contribution is -2.34. The van der Waals surface area contributed by atoms with Crippen molar-refractivity contribution in [2.45, 2.75) is 17.6 Å². The Kier molecular flexibility index (Phi) is 5.41. The Morgan fingerprint density at radius 1 is 1.06 bits per heavy atom. The summed E-state index contributed by atoms with van der Waals surface area (Å²) in [6.07, 6.45) is 4.13. The lowest BCUT2D eigenvalue weighted by Gasteiger charge is -2.25. The summed E-state index contributed by atoms with van der Waals surface area (Å²) in [6.45, 7) is 2.51. The van der Waals surface area contributed by atoms with Gasteiger partial charge in [0.1, 0.15) is 9.90 Å². The van der Waals surface area contributed by atoms with Crippen LogP contribution in [0.3, 0.4) is 0 Å². The van der Waals surface area contributed by atoms with Gasteiger partial charge in [-0.2, -0.15) is 4.31 Å². The number of nitrogens with zero attached hydrogens (tertiary/aromatic N) is 5. The highest BCUT2D eigenvalue weighted by Gasteiger charge is 2.27. The van der Waals surface area contributed by atoms with E-state index in [0.29, 0.717) is 52.6 Å². The molecule has 5 rings (SSSR count). The molecule has 0 radical (unpaired) electrons. The minimum atomic E-state index is -3.47. The predicted molar refractivity (Wildman–Crippen MR) is 121 cm³/mol. The first-order valence-corrected chi connectivity index (χ1v) is 12.3. The molecular formula is C22H19N5O3S2. The zero-order valence-corrected chi connectivity index (χ0v) is 18.8. The smallest absolute Gasteiger partial charge is 0.268 e. The maximum atomic E-state index is 12.7. The fourth-order valence-electron chi connectivity index (χ4n) is 3.46. The van der Waals surface area contributed by atoms with Crippen molar-refractivity contribution >= 4 is 26.9 Å². The number of sulfonamides is 1. The third-order valence-electron chi connectivity index (χ3n) is 5.19. The highest BCUT2D eigenvalue weighted by Crippen LogP contribution is 2.29. The summed E-state index contributed by atoms with van der Waals surface area (Å²) >= 11 is 1.23. The maximum absolute atomic E-state index is 12.7. The van der Waals surface area contributed by atoms with Crippen molar-refractivity contribution in [3.05, 3.63) is 71.5 Å². The Balaban J connectivity index is 1.40. The number of hydrogen-bond donors (Lipinski definition) is 0. The van der Waals surface area contributed by atoms with Gasteiger partial charge in [-0.1, -0.05) is 30.3 Å². The van der Waals surface area contributed by atoms with Crippen molar-refractivity contribution in [2.75, 3.05) is 13.1 Å². The highest BCUT2D eigenvalue weighted by atomic mass is 32.2. The quantitative estimate of drug-likeness (QED) is 0.438. The molecule has 0 saturated carbocycles. The van der Waals surface area contributed by atoms with Crippen molar-refractivity contribution in [1.82, 2.24) is 24.5 Å². The summed E-state index contributed by atoms with van der Waals surface area (Å²) in [7, 11) is -3.47. The number of hydrogen-bond acceptors (Lipinski definition) is 8. The third kappa shape index (κ3) is 3.88. The Morgan fingerprint density at radius 3 is 2.59 bits per heavy atom. The summed E-state index contributed by atoms with van der Waals surface area (Å²) in [5.41, 5.74) is 3.65. The molecule has 3 aromatic heterocycles. The SMILES string of the molecule is Cc1ncc(C2=CCN(S(=O)(=O)c3cccs3)CC2)nc1-c1nnc(-c2ccccc2)o1. The molecule has 1 aliphatic heterocycles. The molecule has 32 heavy (non-hydrogen) atoms. The largest absolute Gasteiger partial charge is 0.415 e. The minimum Gasteiger partial charge on any atom is -0.415 e. The summed E-state index contributed by atoms with van der Waals surface area (Å²) in [5.74, 6) is 0.715. The van der Waals surface area contributed by atoms with Crippen LogP contribution >= 0.6 is 11.3 Å². The lowest BCUT2D eigenvalue weighted by atomic mass is 10.1. The second-order valence-corrected chi connectivity index (χ2v) is 10.4. The minimum absolute atomic E-state index is 0.291. The first-order valence-electron chi connectivity index (χ1n) is 9.98. The molecule has 0 fully saturated rings. The Bertz CT molecular complexity index is 1380. The first-order chi connectivity index (χ1) is 15.5. The van der Waals surface area contributed by atoms with E-state index in [1.807, 2.05) is 43.3 Å². The highest BCUT2D eigenvalue weighted by molar-refractivity contribution is 7.91. The van der Waals surface area contributed by atoms with E-state index in [1.54, 1.807) is 23.7 Å². The van der Waals surface area contributed by atoms with Crippen molar-refractivity contribution in [3.63, 3.8) is 0 Å². The molecule has 162 valence electrons. The topological polar surface area (TPSA) is 102 Å². The van der Waals surface area contributed by atoms with Crippen LogP contribution in [0.25, 0.3) is 28.6 Å². The summed E-state index contributed by atoms with van der Waals surface area (Å²) in [4.78, 5) is 9.18.